The van der Waals surface area contributed by atoms with Gasteiger partial charge in [-0.2, -0.15) is 0 Å². The molecule has 0 aliphatic carbocycles. The molecule has 0 fully saturated rings. The van der Waals surface area contributed by atoms with E-state index >= 15 is 0 Å². The predicted molar refractivity (Wildman–Crippen MR) is 85.7 cm³/mol. The minimum absolute atomic E-state index is 0.206. The first-order valence-corrected chi connectivity index (χ1v) is 8.41. The lowest BCUT2D eigenvalue weighted by molar-refractivity contribution is 0.580. The maximum Gasteiger partial charge on any atom is 0.241 e. The van der Waals surface area contributed by atoms with Gasteiger partial charge in [0.1, 0.15) is 0 Å². The Morgan fingerprint density at radius 1 is 1.14 bits per heavy atom. The van der Waals surface area contributed by atoms with Crippen molar-refractivity contribution in [3.8, 4) is 0 Å². The SMILES string of the molecule is CCc1ccc(N)cc1S(=O)(=O)NCc1ccc(Cl)cc1. The van der Waals surface area contributed by atoms with E-state index < -0.39 is 10.0 Å². The largest absolute Gasteiger partial charge is 0.399 e. The van der Waals surface area contributed by atoms with Gasteiger partial charge < -0.3 is 5.73 Å². The number of nitrogen functional groups attached to an aromatic ring is 1. The maximum atomic E-state index is 12.4. The van der Waals surface area contributed by atoms with Crippen molar-refractivity contribution in [2.75, 3.05) is 5.73 Å². The van der Waals surface area contributed by atoms with Crippen LogP contribution in [-0.4, -0.2) is 8.42 Å². The van der Waals surface area contributed by atoms with Gasteiger partial charge in [-0.15, -0.1) is 0 Å². The molecule has 0 unspecified atom stereocenters. The standard InChI is InChI=1S/C15H17ClN2O2S/c1-2-12-5-8-14(17)9-15(12)21(19,20)18-10-11-3-6-13(16)7-4-11/h3-9,18H,2,10,17H2,1H3. The molecule has 0 heterocycles. The molecular weight excluding hydrogens is 308 g/mol. The Labute approximate surface area is 130 Å². The first kappa shape index (κ1) is 15.8. The fraction of sp³-hybridized carbons (Fsp3) is 0.200. The summed E-state index contributed by atoms with van der Waals surface area (Å²) in [5, 5.41) is 0.616. The molecule has 3 N–H and O–H groups in total. The lowest BCUT2D eigenvalue weighted by Gasteiger charge is -2.11. The van der Waals surface area contributed by atoms with Gasteiger partial charge in [-0.25, -0.2) is 13.1 Å². The van der Waals surface area contributed by atoms with E-state index in [1.54, 1.807) is 36.4 Å². The minimum atomic E-state index is -3.60. The molecule has 2 aromatic carbocycles. The van der Waals surface area contributed by atoms with Crippen LogP contribution in [0.5, 0.6) is 0 Å². The smallest absolute Gasteiger partial charge is 0.241 e. The third kappa shape index (κ3) is 3.97. The molecule has 0 spiro atoms. The average Bonchev–Trinajstić information content (AvgIpc) is 2.47. The number of hydrogen-bond acceptors (Lipinski definition) is 3. The molecule has 0 aliphatic heterocycles. The average molecular weight is 325 g/mol. The Morgan fingerprint density at radius 3 is 2.43 bits per heavy atom. The Morgan fingerprint density at radius 2 is 1.81 bits per heavy atom. The Bertz CT molecular complexity index is 728. The highest BCUT2D eigenvalue weighted by Crippen LogP contribution is 2.20. The van der Waals surface area contributed by atoms with Crippen molar-refractivity contribution in [1.82, 2.24) is 4.72 Å². The Kier molecular flexibility index (Phi) is 4.88. The Balaban J connectivity index is 2.22. The van der Waals surface area contributed by atoms with E-state index in [-0.39, 0.29) is 11.4 Å². The molecule has 0 radical (unpaired) electrons. The van der Waals surface area contributed by atoms with Crippen molar-refractivity contribution >= 4 is 27.3 Å². The summed E-state index contributed by atoms with van der Waals surface area (Å²) in [4.78, 5) is 0.235. The van der Waals surface area contributed by atoms with Crippen molar-refractivity contribution in [3.05, 3.63) is 58.6 Å². The zero-order valence-corrected chi connectivity index (χ0v) is 13.2. The summed E-state index contributed by atoms with van der Waals surface area (Å²) < 4.78 is 27.4. The van der Waals surface area contributed by atoms with E-state index in [1.807, 2.05) is 6.92 Å². The van der Waals surface area contributed by atoms with E-state index in [4.69, 9.17) is 17.3 Å². The van der Waals surface area contributed by atoms with Crippen LogP contribution >= 0.6 is 11.6 Å². The lowest BCUT2D eigenvalue weighted by atomic mass is 10.1. The molecule has 2 rings (SSSR count). The van der Waals surface area contributed by atoms with Crippen molar-refractivity contribution in [2.45, 2.75) is 24.8 Å². The molecule has 0 saturated carbocycles. The van der Waals surface area contributed by atoms with Gasteiger partial charge in [-0.05, 0) is 41.8 Å². The van der Waals surface area contributed by atoms with Gasteiger partial charge in [0, 0.05) is 17.3 Å². The van der Waals surface area contributed by atoms with E-state index in [1.165, 1.54) is 6.07 Å². The summed E-state index contributed by atoms with van der Waals surface area (Å²) in [6.07, 6.45) is 0.622. The molecule has 112 valence electrons. The van der Waals surface area contributed by atoms with Gasteiger partial charge in [0.05, 0.1) is 4.90 Å². The van der Waals surface area contributed by atoms with Gasteiger partial charge in [-0.1, -0.05) is 36.7 Å². The minimum Gasteiger partial charge on any atom is -0.399 e. The molecule has 4 nitrogen and oxygen atoms in total. The van der Waals surface area contributed by atoms with Crippen LogP contribution in [0.15, 0.2) is 47.4 Å². The normalized spacial score (nSPS) is 11.5. The van der Waals surface area contributed by atoms with Gasteiger partial charge in [0.2, 0.25) is 10.0 Å². The van der Waals surface area contributed by atoms with Gasteiger partial charge in [0.25, 0.3) is 0 Å². The fourth-order valence-corrected chi connectivity index (χ4v) is 3.46. The fourth-order valence-electron chi connectivity index (χ4n) is 1.97. The van der Waals surface area contributed by atoms with Crippen LogP contribution < -0.4 is 10.5 Å². The third-order valence-corrected chi connectivity index (χ3v) is 4.88. The summed E-state index contributed by atoms with van der Waals surface area (Å²) in [6.45, 7) is 2.11. The molecule has 0 saturated heterocycles. The van der Waals surface area contributed by atoms with E-state index in [0.29, 0.717) is 17.1 Å². The van der Waals surface area contributed by atoms with Crippen molar-refractivity contribution in [1.29, 1.82) is 0 Å². The third-order valence-electron chi connectivity index (χ3n) is 3.14. The van der Waals surface area contributed by atoms with Gasteiger partial charge in [0.15, 0.2) is 0 Å². The zero-order chi connectivity index (χ0) is 15.5. The monoisotopic (exact) mass is 324 g/mol. The van der Waals surface area contributed by atoms with E-state index in [9.17, 15) is 8.42 Å². The van der Waals surface area contributed by atoms with E-state index in [2.05, 4.69) is 4.72 Å². The van der Waals surface area contributed by atoms with E-state index in [0.717, 1.165) is 11.1 Å². The quantitative estimate of drug-likeness (QED) is 0.830. The number of hydrogen-bond donors (Lipinski definition) is 2. The number of nitrogens with two attached hydrogens (primary N) is 1. The lowest BCUT2D eigenvalue weighted by Crippen LogP contribution is -2.24. The molecule has 0 bridgehead atoms. The highest BCUT2D eigenvalue weighted by atomic mass is 35.5. The number of sulfonamides is 1. The molecule has 0 atom stereocenters. The molecule has 0 aliphatic rings. The molecule has 0 aromatic heterocycles. The van der Waals surface area contributed by atoms with Crippen LogP contribution in [0, 0.1) is 0 Å². The summed E-state index contributed by atoms with van der Waals surface area (Å²) in [6, 6.07) is 12.0. The number of benzene rings is 2. The first-order valence-electron chi connectivity index (χ1n) is 6.55. The van der Waals surface area contributed by atoms with Crippen LogP contribution in [0.1, 0.15) is 18.1 Å². The van der Waals surface area contributed by atoms with Crippen LogP contribution in [0.3, 0.4) is 0 Å². The molecular formula is C15H17ClN2O2S. The predicted octanol–water partition coefficient (Wildman–Crippen LogP) is 2.96. The van der Waals surface area contributed by atoms with Crippen molar-refractivity contribution in [3.63, 3.8) is 0 Å². The molecule has 0 amide bonds. The number of nitrogens with one attached hydrogen (secondary N) is 1. The summed E-state index contributed by atoms with van der Waals surface area (Å²) in [7, 11) is -3.60. The van der Waals surface area contributed by atoms with Crippen LogP contribution in [0.2, 0.25) is 5.02 Å². The van der Waals surface area contributed by atoms with Crippen LogP contribution in [0.25, 0.3) is 0 Å². The van der Waals surface area contributed by atoms with Crippen LogP contribution in [0.4, 0.5) is 5.69 Å². The number of aryl methyl sites for hydroxylation is 1. The van der Waals surface area contributed by atoms with Gasteiger partial charge >= 0.3 is 0 Å². The van der Waals surface area contributed by atoms with Crippen molar-refractivity contribution in [2.24, 2.45) is 0 Å². The molecule has 6 heteroatoms. The topological polar surface area (TPSA) is 72.2 Å². The maximum absolute atomic E-state index is 12.4. The van der Waals surface area contributed by atoms with Crippen molar-refractivity contribution < 1.29 is 8.42 Å². The highest BCUT2D eigenvalue weighted by molar-refractivity contribution is 7.89. The number of halogens is 1. The zero-order valence-electron chi connectivity index (χ0n) is 11.6. The number of rotatable bonds is 5. The molecule has 2 aromatic rings. The second kappa shape index (κ2) is 6.47. The van der Waals surface area contributed by atoms with Gasteiger partial charge in [-0.3, -0.25) is 0 Å². The summed E-state index contributed by atoms with van der Waals surface area (Å²) >= 11 is 5.80. The van der Waals surface area contributed by atoms with Crippen LogP contribution in [-0.2, 0) is 23.0 Å². The highest BCUT2D eigenvalue weighted by Gasteiger charge is 2.17. The summed E-state index contributed by atoms with van der Waals surface area (Å²) in [5.74, 6) is 0. The first-order chi connectivity index (χ1) is 9.92. The number of anilines is 1. The molecule has 21 heavy (non-hydrogen) atoms. The summed E-state index contributed by atoms with van der Waals surface area (Å²) in [5.41, 5.74) is 7.71. The second-order valence-electron chi connectivity index (χ2n) is 4.67. The second-order valence-corrected chi connectivity index (χ2v) is 6.84. The Hall–Kier alpha value is -1.56.